The molecule has 8 heteroatoms. The Hall–Kier alpha value is -4.98. The average molecular weight is 494 g/mol. The summed E-state index contributed by atoms with van der Waals surface area (Å²) in [5.41, 5.74) is 1.80. The number of fused-ring (bicyclic) bond motifs is 1. The molecule has 0 atom stereocenters. The van der Waals surface area contributed by atoms with Gasteiger partial charge < -0.3 is 14.5 Å². The third kappa shape index (κ3) is 4.77. The number of ether oxygens (including phenoxy) is 1. The Morgan fingerprint density at radius 3 is 2.54 bits per heavy atom. The van der Waals surface area contributed by atoms with Crippen LogP contribution < -0.4 is 15.5 Å². The number of benzene rings is 3. The lowest BCUT2D eigenvalue weighted by atomic mass is 10.1. The zero-order valence-electron chi connectivity index (χ0n) is 20.2. The van der Waals surface area contributed by atoms with Crippen LogP contribution in [0, 0.1) is 6.92 Å². The lowest BCUT2D eigenvalue weighted by Gasteiger charge is -2.09. The van der Waals surface area contributed by atoms with Crippen LogP contribution in [0.3, 0.4) is 0 Å². The van der Waals surface area contributed by atoms with Crippen LogP contribution in [-0.4, -0.2) is 28.1 Å². The SMILES string of the molecule is CCOc1ccc(C(=O)c2oc3ccccc3c2NC(=O)c2nn(-c3cccc(C)c3)ccc2=O)cc1. The van der Waals surface area contributed by atoms with Gasteiger partial charge in [-0.3, -0.25) is 14.4 Å². The normalized spacial score (nSPS) is 10.9. The van der Waals surface area contributed by atoms with Gasteiger partial charge in [0.05, 0.1) is 18.0 Å². The van der Waals surface area contributed by atoms with Gasteiger partial charge in [-0.15, -0.1) is 0 Å². The third-order valence-corrected chi connectivity index (χ3v) is 5.76. The van der Waals surface area contributed by atoms with Crippen molar-refractivity contribution in [1.82, 2.24) is 9.78 Å². The molecule has 5 aromatic rings. The number of amides is 1. The van der Waals surface area contributed by atoms with Crippen molar-refractivity contribution in [3.63, 3.8) is 0 Å². The van der Waals surface area contributed by atoms with E-state index in [9.17, 15) is 14.4 Å². The van der Waals surface area contributed by atoms with Crippen LogP contribution >= 0.6 is 0 Å². The summed E-state index contributed by atoms with van der Waals surface area (Å²) in [5.74, 6) is -0.585. The fourth-order valence-corrected chi connectivity index (χ4v) is 3.98. The molecule has 2 heterocycles. The molecule has 0 saturated carbocycles. The molecular weight excluding hydrogens is 470 g/mol. The Balaban J connectivity index is 1.52. The number of hydrogen-bond acceptors (Lipinski definition) is 6. The summed E-state index contributed by atoms with van der Waals surface area (Å²) < 4.78 is 12.8. The molecule has 0 fully saturated rings. The van der Waals surface area contributed by atoms with Gasteiger partial charge in [0.2, 0.25) is 11.2 Å². The van der Waals surface area contributed by atoms with E-state index in [4.69, 9.17) is 9.15 Å². The smallest absolute Gasteiger partial charge is 0.280 e. The minimum Gasteiger partial charge on any atom is -0.494 e. The maximum absolute atomic E-state index is 13.4. The summed E-state index contributed by atoms with van der Waals surface area (Å²) in [6, 6.07) is 22.4. The van der Waals surface area contributed by atoms with Gasteiger partial charge in [0.15, 0.2) is 11.5 Å². The number of aryl methyl sites for hydroxylation is 1. The molecule has 0 saturated heterocycles. The number of rotatable bonds is 7. The number of nitrogens with zero attached hydrogens (tertiary/aromatic N) is 2. The minimum absolute atomic E-state index is 0.0475. The lowest BCUT2D eigenvalue weighted by molar-refractivity contribution is 0.101. The Morgan fingerprint density at radius 2 is 1.78 bits per heavy atom. The van der Waals surface area contributed by atoms with Gasteiger partial charge in [0, 0.05) is 23.2 Å². The summed E-state index contributed by atoms with van der Waals surface area (Å²) >= 11 is 0. The molecule has 0 aliphatic heterocycles. The van der Waals surface area contributed by atoms with Crippen molar-refractivity contribution < 1.29 is 18.7 Å². The average Bonchev–Trinajstić information content (AvgIpc) is 3.27. The van der Waals surface area contributed by atoms with Crippen LogP contribution in [0.2, 0.25) is 0 Å². The van der Waals surface area contributed by atoms with E-state index in [1.165, 1.54) is 16.9 Å². The number of nitrogens with one attached hydrogen (secondary N) is 1. The molecule has 37 heavy (non-hydrogen) atoms. The molecule has 0 aliphatic rings. The van der Waals surface area contributed by atoms with E-state index in [0.717, 1.165) is 5.56 Å². The zero-order chi connectivity index (χ0) is 25.9. The van der Waals surface area contributed by atoms with Gasteiger partial charge in [-0.2, -0.15) is 5.10 Å². The molecular formula is C29H23N3O5. The van der Waals surface area contributed by atoms with Gasteiger partial charge in [-0.1, -0.05) is 24.3 Å². The van der Waals surface area contributed by atoms with E-state index in [1.54, 1.807) is 48.5 Å². The van der Waals surface area contributed by atoms with E-state index >= 15 is 0 Å². The number of furan rings is 1. The van der Waals surface area contributed by atoms with Crippen LogP contribution in [0.5, 0.6) is 5.75 Å². The molecule has 0 unspecified atom stereocenters. The number of anilines is 1. The summed E-state index contributed by atoms with van der Waals surface area (Å²) in [4.78, 5) is 39.3. The maximum atomic E-state index is 13.4. The predicted octanol–water partition coefficient (Wildman–Crippen LogP) is 5.17. The fourth-order valence-electron chi connectivity index (χ4n) is 3.98. The molecule has 8 nitrogen and oxygen atoms in total. The molecule has 0 spiro atoms. The van der Waals surface area contributed by atoms with Crippen molar-refractivity contribution in [1.29, 1.82) is 0 Å². The first-order valence-electron chi connectivity index (χ1n) is 11.7. The van der Waals surface area contributed by atoms with Crippen LogP contribution in [0.15, 0.2) is 94.3 Å². The lowest BCUT2D eigenvalue weighted by Crippen LogP contribution is -2.26. The van der Waals surface area contributed by atoms with Crippen LogP contribution in [0.4, 0.5) is 5.69 Å². The van der Waals surface area contributed by atoms with E-state index in [1.807, 2.05) is 38.1 Å². The van der Waals surface area contributed by atoms with Gasteiger partial charge in [-0.25, -0.2) is 4.68 Å². The summed E-state index contributed by atoms with van der Waals surface area (Å²) in [5, 5.41) is 7.50. The molecule has 0 bridgehead atoms. The van der Waals surface area contributed by atoms with Crippen molar-refractivity contribution in [3.8, 4) is 11.4 Å². The van der Waals surface area contributed by atoms with Crippen LogP contribution in [0.1, 0.15) is 39.1 Å². The van der Waals surface area contributed by atoms with Crippen molar-refractivity contribution in [2.75, 3.05) is 11.9 Å². The van der Waals surface area contributed by atoms with Gasteiger partial charge in [-0.05, 0) is 67.9 Å². The van der Waals surface area contributed by atoms with E-state index < -0.39 is 17.1 Å². The fraction of sp³-hybridized carbons (Fsp3) is 0.103. The van der Waals surface area contributed by atoms with Crippen molar-refractivity contribution in [3.05, 3.63) is 118 Å². The van der Waals surface area contributed by atoms with E-state index in [-0.39, 0.29) is 17.1 Å². The van der Waals surface area contributed by atoms with Crippen LogP contribution in [0.25, 0.3) is 16.7 Å². The number of ketones is 1. The first-order chi connectivity index (χ1) is 17.9. The van der Waals surface area contributed by atoms with Gasteiger partial charge in [0.1, 0.15) is 11.3 Å². The second-order valence-corrected chi connectivity index (χ2v) is 8.36. The molecule has 0 radical (unpaired) electrons. The van der Waals surface area contributed by atoms with Gasteiger partial charge in [0.25, 0.3) is 5.91 Å². The standard InChI is InChI=1S/C29H23N3O5/c1-3-36-21-13-11-19(12-14-21)27(34)28-25(22-9-4-5-10-24(22)37-28)30-29(35)26-23(33)15-16-32(31-26)20-8-6-7-18(2)17-20/h4-17H,3H2,1-2H3,(H,30,35). The number of hydrogen-bond donors (Lipinski definition) is 1. The topological polar surface area (TPSA) is 103 Å². The molecule has 0 aliphatic carbocycles. The molecule has 2 aromatic heterocycles. The molecule has 3 aromatic carbocycles. The first-order valence-corrected chi connectivity index (χ1v) is 11.7. The van der Waals surface area contributed by atoms with Gasteiger partial charge >= 0.3 is 0 Å². The largest absolute Gasteiger partial charge is 0.494 e. The quantitative estimate of drug-likeness (QED) is 0.314. The molecule has 1 amide bonds. The highest BCUT2D eigenvalue weighted by atomic mass is 16.5. The van der Waals surface area contributed by atoms with Crippen LogP contribution in [-0.2, 0) is 0 Å². The Kier molecular flexibility index (Phi) is 6.38. The second kappa shape index (κ2) is 9.94. The van der Waals surface area contributed by atoms with Crippen molar-refractivity contribution >= 4 is 28.3 Å². The van der Waals surface area contributed by atoms with Crippen molar-refractivity contribution in [2.45, 2.75) is 13.8 Å². The maximum Gasteiger partial charge on any atom is 0.280 e. The predicted molar refractivity (Wildman–Crippen MR) is 140 cm³/mol. The highest BCUT2D eigenvalue weighted by Gasteiger charge is 2.25. The minimum atomic E-state index is -0.751. The second-order valence-electron chi connectivity index (χ2n) is 8.36. The third-order valence-electron chi connectivity index (χ3n) is 5.76. The number of carbonyl (C=O) groups excluding carboxylic acids is 2. The first kappa shape index (κ1) is 23.7. The molecule has 184 valence electrons. The zero-order valence-corrected chi connectivity index (χ0v) is 20.2. The Morgan fingerprint density at radius 1 is 1.00 bits per heavy atom. The highest BCUT2D eigenvalue weighted by molar-refractivity contribution is 6.18. The summed E-state index contributed by atoms with van der Waals surface area (Å²) in [6.45, 7) is 4.32. The Bertz CT molecular complexity index is 1680. The molecule has 1 N–H and O–H groups in total. The number of carbonyl (C=O) groups is 2. The van der Waals surface area contributed by atoms with Crippen molar-refractivity contribution in [2.24, 2.45) is 0 Å². The number of aromatic nitrogens is 2. The summed E-state index contributed by atoms with van der Waals surface area (Å²) in [7, 11) is 0. The highest BCUT2D eigenvalue weighted by Crippen LogP contribution is 2.33. The molecule has 5 rings (SSSR count). The summed E-state index contributed by atoms with van der Waals surface area (Å²) in [6.07, 6.45) is 1.50. The number of para-hydroxylation sites is 1. The van der Waals surface area contributed by atoms with E-state index in [0.29, 0.717) is 34.6 Å². The Labute approximate surface area is 212 Å². The monoisotopic (exact) mass is 493 g/mol. The van der Waals surface area contributed by atoms with E-state index in [2.05, 4.69) is 10.4 Å².